The lowest BCUT2D eigenvalue weighted by atomic mass is 9.86. The molecule has 3 fully saturated rings. The van der Waals surface area contributed by atoms with E-state index in [0.717, 1.165) is 18.9 Å². The van der Waals surface area contributed by atoms with Crippen LogP contribution in [0.15, 0.2) is 48.7 Å². The predicted octanol–water partition coefficient (Wildman–Crippen LogP) is 1.91. The lowest BCUT2D eigenvalue weighted by Gasteiger charge is -2.58. The number of para-hydroxylation sites is 1. The van der Waals surface area contributed by atoms with E-state index in [4.69, 9.17) is 0 Å². The fourth-order valence-corrected chi connectivity index (χ4v) is 3.70. The highest BCUT2D eigenvalue weighted by Crippen LogP contribution is 2.38. The summed E-state index contributed by atoms with van der Waals surface area (Å²) in [6.07, 6.45) is 2.95. The highest BCUT2D eigenvalue weighted by atomic mass is 16.1. The van der Waals surface area contributed by atoms with Crippen molar-refractivity contribution in [1.82, 2.24) is 10.3 Å². The minimum absolute atomic E-state index is 0.0678. The van der Waals surface area contributed by atoms with E-state index < -0.39 is 0 Å². The fraction of sp³-hybridized carbons (Fsp3) is 0.333. The summed E-state index contributed by atoms with van der Waals surface area (Å²) in [5.74, 6) is 0.829. The molecule has 0 spiro atoms. The third kappa shape index (κ3) is 2.42. The van der Waals surface area contributed by atoms with Crippen LogP contribution in [0.2, 0.25) is 0 Å². The Bertz CT molecular complexity index is 706. The maximum atomic E-state index is 11.8. The third-order valence-electron chi connectivity index (χ3n) is 4.81. The molecule has 5 rings (SSSR count). The van der Waals surface area contributed by atoms with E-state index in [1.807, 2.05) is 6.07 Å². The summed E-state index contributed by atoms with van der Waals surface area (Å²) in [4.78, 5) is 21.1. The van der Waals surface area contributed by atoms with E-state index in [0.29, 0.717) is 17.6 Å². The molecule has 2 bridgehead atoms. The number of rotatable bonds is 3. The maximum absolute atomic E-state index is 11.8. The van der Waals surface area contributed by atoms with Gasteiger partial charge in [0.2, 0.25) is 0 Å². The summed E-state index contributed by atoms with van der Waals surface area (Å²) in [6.45, 7) is 1.91. The van der Waals surface area contributed by atoms with Crippen LogP contribution in [-0.2, 0) is 0 Å². The molecular weight excluding hydrogens is 288 g/mol. The average molecular weight is 308 g/mol. The number of amides is 1. The monoisotopic (exact) mass is 308 g/mol. The molecule has 1 aromatic heterocycles. The van der Waals surface area contributed by atoms with E-state index in [2.05, 4.69) is 50.4 Å². The topological polar surface area (TPSA) is 48.5 Å². The Morgan fingerprint density at radius 3 is 2.61 bits per heavy atom. The summed E-state index contributed by atoms with van der Waals surface area (Å²) in [7, 11) is 1.65. The summed E-state index contributed by atoms with van der Waals surface area (Å²) in [5.41, 5.74) is 1.97. The first kappa shape index (κ1) is 14.1. The molecule has 2 aromatic rings. The molecule has 2 atom stereocenters. The normalized spacial score (nSPS) is 22.5. The van der Waals surface area contributed by atoms with Crippen molar-refractivity contribution >= 4 is 17.4 Å². The quantitative estimate of drug-likeness (QED) is 0.941. The van der Waals surface area contributed by atoms with Gasteiger partial charge in [0.05, 0.1) is 0 Å². The molecule has 0 radical (unpaired) electrons. The minimum atomic E-state index is -0.0678. The number of aromatic nitrogens is 1. The van der Waals surface area contributed by atoms with Gasteiger partial charge in [-0.1, -0.05) is 18.2 Å². The second kappa shape index (κ2) is 5.57. The van der Waals surface area contributed by atoms with Gasteiger partial charge in [-0.2, -0.15) is 0 Å². The van der Waals surface area contributed by atoms with Gasteiger partial charge >= 0.3 is 0 Å². The molecule has 4 heterocycles. The van der Waals surface area contributed by atoms with Gasteiger partial charge in [-0.25, -0.2) is 4.98 Å². The van der Waals surface area contributed by atoms with Crippen molar-refractivity contribution < 1.29 is 4.79 Å². The van der Waals surface area contributed by atoms with E-state index >= 15 is 0 Å². The summed E-state index contributed by atoms with van der Waals surface area (Å²) < 4.78 is 0. The Labute approximate surface area is 135 Å². The third-order valence-corrected chi connectivity index (χ3v) is 4.81. The lowest BCUT2D eigenvalue weighted by molar-refractivity contribution is 0.0963. The van der Waals surface area contributed by atoms with Gasteiger partial charge in [0.1, 0.15) is 5.82 Å². The van der Waals surface area contributed by atoms with Crippen LogP contribution in [0.5, 0.6) is 0 Å². The van der Waals surface area contributed by atoms with Crippen molar-refractivity contribution in [2.45, 2.75) is 18.5 Å². The number of nitrogens with one attached hydrogen (secondary N) is 1. The van der Waals surface area contributed by atoms with Crippen molar-refractivity contribution in [3.63, 3.8) is 0 Å². The zero-order valence-electron chi connectivity index (χ0n) is 13.1. The zero-order valence-corrected chi connectivity index (χ0v) is 13.1. The number of hydrogen-bond acceptors (Lipinski definition) is 4. The molecule has 1 aromatic carbocycles. The van der Waals surface area contributed by atoms with E-state index in [1.54, 1.807) is 19.3 Å². The van der Waals surface area contributed by atoms with Crippen molar-refractivity contribution in [1.29, 1.82) is 0 Å². The van der Waals surface area contributed by atoms with E-state index in [1.165, 1.54) is 12.1 Å². The van der Waals surface area contributed by atoms with Crippen LogP contribution >= 0.6 is 0 Å². The van der Waals surface area contributed by atoms with Gasteiger partial charge in [-0.05, 0) is 30.7 Å². The Kier molecular flexibility index (Phi) is 3.41. The lowest BCUT2D eigenvalue weighted by Crippen LogP contribution is -2.69. The smallest absolute Gasteiger partial charge is 0.251 e. The fourth-order valence-electron chi connectivity index (χ4n) is 3.70. The maximum Gasteiger partial charge on any atom is 0.251 e. The van der Waals surface area contributed by atoms with E-state index in [9.17, 15) is 4.79 Å². The van der Waals surface area contributed by atoms with Gasteiger partial charge in [-0.15, -0.1) is 0 Å². The van der Waals surface area contributed by atoms with Crippen molar-refractivity contribution in [2.24, 2.45) is 0 Å². The van der Waals surface area contributed by atoms with Gasteiger partial charge in [0, 0.05) is 49.7 Å². The van der Waals surface area contributed by atoms with Crippen molar-refractivity contribution in [3.05, 3.63) is 54.2 Å². The van der Waals surface area contributed by atoms with Crippen LogP contribution in [0.3, 0.4) is 0 Å². The number of fused-ring (bicyclic) bond motifs is 2. The van der Waals surface area contributed by atoms with Crippen LogP contribution in [0.25, 0.3) is 0 Å². The summed E-state index contributed by atoms with van der Waals surface area (Å²) >= 11 is 0. The SMILES string of the molecule is CNC(=O)c1ccnc(N2C[C@H]3C[C@@H](C2)N3c2ccccc2)c1. The Hall–Kier alpha value is -2.56. The Morgan fingerprint density at radius 1 is 1.17 bits per heavy atom. The average Bonchev–Trinajstić information content (AvgIpc) is 2.62. The molecule has 23 heavy (non-hydrogen) atoms. The van der Waals surface area contributed by atoms with Gasteiger partial charge in [0.25, 0.3) is 5.91 Å². The van der Waals surface area contributed by atoms with Gasteiger partial charge in [-0.3, -0.25) is 4.79 Å². The van der Waals surface area contributed by atoms with Crippen LogP contribution in [-0.4, -0.2) is 43.1 Å². The Morgan fingerprint density at radius 2 is 1.91 bits per heavy atom. The van der Waals surface area contributed by atoms with Crippen LogP contribution in [0.4, 0.5) is 11.5 Å². The first-order chi connectivity index (χ1) is 11.3. The number of piperidine rings is 1. The van der Waals surface area contributed by atoms with Crippen molar-refractivity contribution in [2.75, 3.05) is 29.9 Å². The van der Waals surface area contributed by atoms with Crippen molar-refractivity contribution in [3.8, 4) is 0 Å². The standard InChI is InChI=1S/C18H20N4O/c1-19-18(23)13-7-8-20-17(9-13)21-11-15-10-16(12-21)22(15)14-5-3-2-4-6-14/h2-9,15-16H,10-12H2,1H3,(H,19,23)/t15-,16+. The molecule has 3 aliphatic rings. The first-order valence-electron chi connectivity index (χ1n) is 8.03. The van der Waals surface area contributed by atoms with Crippen LogP contribution in [0, 0.1) is 0 Å². The number of carbonyl (C=O) groups excluding carboxylic acids is 1. The highest BCUT2D eigenvalue weighted by molar-refractivity contribution is 5.94. The van der Waals surface area contributed by atoms with Crippen LogP contribution < -0.4 is 15.1 Å². The second-order valence-corrected chi connectivity index (χ2v) is 6.17. The highest BCUT2D eigenvalue weighted by Gasteiger charge is 2.44. The molecule has 5 nitrogen and oxygen atoms in total. The predicted molar refractivity (Wildman–Crippen MR) is 91.0 cm³/mol. The second-order valence-electron chi connectivity index (χ2n) is 6.17. The molecule has 3 aliphatic heterocycles. The summed E-state index contributed by atoms with van der Waals surface area (Å²) in [6, 6.07) is 15.3. The largest absolute Gasteiger partial charge is 0.362 e. The minimum Gasteiger partial charge on any atom is -0.362 e. The molecule has 0 saturated carbocycles. The molecule has 0 unspecified atom stereocenters. The van der Waals surface area contributed by atoms with Crippen LogP contribution in [0.1, 0.15) is 16.8 Å². The molecule has 5 heteroatoms. The summed E-state index contributed by atoms with van der Waals surface area (Å²) in [5, 5.41) is 2.66. The molecule has 1 amide bonds. The Balaban J connectivity index is 1.51. The number of nitrogens with zero attached hydrogens (tertiary/aromatic N) is 3. The molecule has 118 valence electrons. The van der Waals surface area contributed by atoms with Gasteiger partial charge in [0.15, 0.2) is 0 Å². The zero-order chi connectivity index (χ0) is 15.8. The number of anilines is 2. The number of hydrogen-bond donors (Lipinski definition) is 1. The molecular formula is C18H20N4O. The van der Waals surface area contributed by atoms with Gasteiger partial charge < -0.3 is 15.1 Å². The van der Waals surface area contributed by atoms with E-state index in [-0.39, 0.29) is 5.91 Å². The molecule has 1 N–H and O–H groups in total. The molecule has 0 aliphatic carbocycles. The molecule has 3 saturated heterocycles. The number of pyridine rings is 1. The number of benzene rings is 1. The number of piperazine rings is 1. The first-order valence-corrected chi connectivity index (χ1v) is 8.03. The number of carbonyl (C=O) groups is 1.